The molecule has 0 aromatic carbocycles. The summed E-state index contributed by atoms with van der Waals surface area (Å²) in [5.74, 6) is 3.31. The fourth-order valence-electron chi connectivity index (χ4n) is 1.36. The summed E-state index contributed by atoms with van der Waals surface area (Å²) in [5.41, 5.74) is 0. The van der Waals surface area contributed by atoms with Gasteiger partial charge in [-0.3, -0.25) is 0 Å². The van der Waals surface area contributed by atoms with Crippen LogP contribution in [0.2, 0.25) is 5.32 Å². The van der Waals surface area contributed by atoms with Crippen LogP contribution in [0.15, 0.2) is 0 Å². The van der Waals surface area contributed by atoms with Crippen molar-refractivity contribution in [2.75, 3.05) is 0 Å². The Morgan fingerprint density at radius 1 is 0.800 bits per heavy atom. The van der Waals surface area contributed by atoms with Crippen LogP contribution in [0.5, 0.6) is 0 Å². The Labute approximate surface area is 103 Å². The van der Waals surface area contributed by atoms with E-state index < -0.39 is 0 Å². The van der Waals surface area contributed by atoms with E-state index in [1.807, 2.05) is 0 Å². The number of rotatable bonds is 9. The third-order valence-electron chi connectivity index (χ3n) is 2.40. The Hall–Kier alpha value is 0.0795. The van der Waals surface area contributed by atoms with E-state index in [2.05, 4.69) is 24.6 Å². The van der Waals surface area contributed by atoms with Crippen molar-refractivity contribution in [1.29, 1.82) is 0 Å². The van der Waals surface area contributed by atoms with Gasteiger partial charge in [0.05, 0.1) is 0 Å². The van der Waals surface area contributed by atoms with Crippen molar-refractivity contribution in [1.82, 2.24) is 0 Å². The summed E-state index contributed by atoms with van der Waals surface area (Å²) < 4.78 is 0. The second kappa shape index (κ2) is 14.1. The predicted molar refractivity (Wildman–Crippen MR) is 71.2 cm³/mol. The van der Waals surface area contributed by atoms with E-state index >= 15 is 0 Å². The average Bonchev–Trinajstić information content (AvgIpc) is 2.26. The predicted octanol–water partition coefficient (Wildman–Crippen LogP) is 4.62. The minimum absolute atomic E-state index is 0.609. The summed E-state index contributed by atoms with van der Waals surface area (Å²) in [6, 6.07) is 0. The topological polar surface area (TPSA) is 0 Å². The van der Waals surface area contributed by atoms with E-state index in [0.29, 0.717) is 15.0 Å². The molecular formula is C14H26Se. The Morgan fingerprint density at radius 2 is 1.47 bits per heavy atom. The minimum atomic E-state index is 0.609. The first-order valence-electron chi connectivity index (χ1n) is 6.51. The molecule has 0 bridgehead atoms. The normalized spacial score (nSPS) is 9.73. The monoisotopic (exact) mass is 274 g/mol. The van der Waals surface area contributed by atoms with Crippen molar-refractivity contribution in [2.24, 2.45) is 0 Å². The number of hydrogen-bond donors (Lipinski definition) is 0. The van der Waals surface area contributed by atoms with Crippen molar-refractivity contribution < 1.29 is 0 Å². The van der Waals surface area contributed by atoms with E-state index in [4.69, 9.17) is 0 Å². The molecule has 0 unspecified atom stereocenters. The van der Waals surface area contributed by atoms with Crippen LogP contribution in [0.25, 0.3) is 0 Å². The first-order valence-corrected chi connectivity index (χ1v) is 8.58. The fourth-order valence-corrected chi connectivity index (χ4v) is 2.91. The molecule has 0 nitrogen and oxygen atoms in total. The van der Waals surface area contributed by atoms with Crippen LogP contribution in [-0.4, -0.2) is 15.0 Å². The number of unbranched alkanes of at least 4 members (excludes halogenated alkanes) is 7. The molecule has 0 saturated heterocycles. The summed E-state index contributed by atoms with van der Waals surface area (Å²) in [6.45, 7) is 4.52. The van der Waals surface area contributed by atoms with Gasteiger partial charge in [-0.2, -0.15) is 0 Å². The van der Waals surface area contributed by atoms with Gasteiger partial charge in [0.25, 0.3) is 0 Å². The molecule has 0 aliphatic rings. The molecule has 0 radical (unpaired) electrons. The zero-order chi connectivity index (χ0) is 11.2. The van der Waals surface area contributed by atoms with Gasteiger partial charge in [-0.15, -0.1) is 0 Å². The van der Waals surface area contributed by atoms with Gasteiger partial charge in [-0.05, 0) is 0 Å². The molecular weight excluding hydrogens is 247 g/mol. The van der Waals surface area contributed by atoms with Gasteiger partial charge in [0.15, 0.2) is 0 Å². The molecule has 15 heavy (non-hydrogen) atoms. The van der Waals surface area contributed by atoms with Crippen LogP contribution in [0, 0.1) is 10.7 Å². The van der Waals surface area contributed by atoms with Gasteiger partial charge < -0.3 is 0 Å². The summed E-state index contributed by atoms with van der Waals surface area (Å²) in [6.07, 6.45) is 12.1. The van der Waals surface area contributed by atoms with E-state index in [0.717, 1.165) is 6.42 Å². The van der Waals surface area contributed by atoms with E-state index in [-0.39, 0.29) is 0 Å². The molecule has 0 rings (SSSR count). The van der Waals surface area contributed by atoms with Crippen molar-refractivity contribution in [2.45, 2.75) is 77.0 Å². The third-order valence-corrected chi connectivity index (χ3v) is 4.04. The van der Waals surface area contributed by atoms with Gasteiger partial charge in [0.1, 0.15) is 0 Å². The van der Waals surface area contributed by atoms with Crippen LogP contribution >= 0.6 is 0 Å². The zero-order valence-corrected chi connectivity index (χ0v) is 12.2. The Kier molecular flexibility index (Phi) is 14.2. The Morgan fingerprint density at radius 3 is 2.20 bits per heavy atom. The number of hydrogen-bond acceptors (Lipinski definition) is 0. The summed E-state index contributed by atoms with van der Waals surface area (Å²) in [5, 5.41) is 1.35. The second-order valence-corrected chi connectivity index (χ2v) is 5.89. The Bertz CT molecular complexity index is 164. The fraction of sp³-hybridized carbons (Fsp3) is 0.857. The van der Waals surface area contributed by atoms with Crippen molar-refractivity contribution in [3.63, 3.8) is 0 Å². The molecule has 0 aromatic heterocycles. The van der Waals surface area contributed by atoms with Crippen molar-refractivity contribution in [3.05, 3.63) is 0 Å². The molecule has 0 aromatic rings. The maximum absolute atomic E-state index is 3.33. The Balaban J connectivity index is 3.02. The molecule has 0 spiro atoms. The first-order chi connectivity index (χ1) is 7.41. The molecule has 0 saturated carbocycles. The summed E-state index contributed by atoms with van der Waals surface area (Å²) in [7, 11) is 0. The molecule has 0 N–H and O–H groups in total. The molecule has 0 heterocycles. The van der Waals surface area contributed by atoms with E-state index in [1.54, 1.807) is 0 Å². The van der Waals surface area contributed by atoms with Gasteiger partial charge in [0, 0.05) is 0 Å². The zero-order valence-electron chi connectivity index (χ0n) is 10.5. The van der Waals surface area contributed by atoms with Crippen LogP contribution in [0.4, 0.5) is 0 Å². The van der Waals surface area contributed by atoms with Crippen LogP contribution in [-0.2, 0) is 0 Å². The maximum atomic E-state index is 3.33. The molecule has 0 amide bonds. The SMILES string of the molecule is CCCCCCCCC#C[Se]CCCC. The van der Waals surface area contributed by atoms with Crippen LogP contribution in [0.1, 0.15) is 71.6 Å². The first kappa shape index (κ1) is 15.1. The molecule has 0 aliphatic heterocycles. The molecule has 0 aliphatic carbocycles. The van der Waals surface area contributed by atoms with Crippen molar-refractivity contribution >= 4 is 15.0 Å². The van der Waals surface area contributed by atoms with Gasteiger partial charge in [-0.1, -0.05) is 0 Å². The molecule has 88 valence electrons. The molecule has 0 fully saturated rings. The quantitative estimate of drug-likeness (QED) is 0.327. The third kappa shape index (κ3) is 14.1. The standard InChI is InChI=1S/C14H26Se/c1-3-5-7-8-9-10-11-12-14-15-13-6-4-2/h3-11,13H2,1-2H3. The summed E-state index contributed by atoms with van der Waals surface area (Å²) in [4.78, 5) is 3.33. The van der Waals surface area contributed by atoms with Crippen molar-refractivity contribution in [3.8, 4) is 10.7 Å². The molecule has 1 heteroatoms. The van der Waals surface area contributed by atoms with Gasteiger partial charge >= 0.3 is 103 Å². The van der Waals surface area contributed by atoms with E-state index in [9.17, 15) is 0 Å². The molecule has 0 atom stereocenters. The van der Waals surface area contributed by atoms with Gasteiger partial charge in [0.2, 0.25) is 0 Å². The summed E-state index contributed by atoms with van der Waals surface area (Å²) >= 11 is 0.609. The van der Waals surface area contributed by atoms with Gasteiger partial charge in [-0.25, -0.2) is 0 Å². The van der Waals surface area contributed by atoms with E-state index in [1.165, 1.54) is 56.7 Å². The van der Waals surface area contributed by atoms with Crippen LogP contribution < -0.4 is 0 Å². The average molecular weight is 273 g/mol. The van der Waals surface area contributed by atoms with Crippen LogP contribution in [0.3, 0.4) is 0 Å². The second-order valence-electron chi connectivity index (χ2n) is 4.00.